The summed E-state index contributed by atoms with van der Waals surface area (Å²) in [5, 5.41) is 4.66. The third-order valence-corrected chi connectivity index (χ3v) is 4.92. The van der Waals surface area contributed by atoms with Crippen LogP contribution in [0.2, 0.25) is 10.0 Å². The average molecular weight is 324 g/mol. The van der Waals surface area contributed by atoms with Crippen molar-refractivity contribution in [1.82, 2.24) is 5.32 Å². The molecule has 2 nitrogen and oxygen atoms in total. The number of hydrogen-bond donors (Lipinski definition) is 1. The quantitative estimate of drug-likeness (QED) is 0.876. The summed E-state index contributed by atoms with van der Waals surface area (Å²) in [6.07, 6.45) is 2.26. The number of halogens is 2. The fraction of sp³-hybridized carbons (Fsp3) is 0.294. The minimum atomic E-state index is 0. The monoisotopic (exact) mass is 323 g/mol. The van der Waals surface area contributed by atoms with Crippen molar-refractivity contribution in [3.63, 3.8) is 0 Å². The predicted molar refractivity (Wildman–Crippen MR) is 89.4 cm³/mol. The van der Waals surface area contributed by atoms with E-state index in [1.807, 2.05) is 19.2 Å². The first kappa shape index (κ1) is 16.3. The first-order valence-electron chi connectivity index (χ1n) is 6.91. The second kappa shape index (κ2) is 6.80. The average Bonchev–Trinajstić information content (AvgIpc) is 2.49. The molecule has 0 unspecified atom stereocenters. The molecule has 1 aliphatic rings. The van der Waals surface area contributed by atoms with Gasteiger partial charge in [0.25, 0.3) is 0 Å². The number of hydrogen-bond acceptors (Lipinski definition) is 1. The highest BCUT2D eigenvalue weighted by molar-refractivity contribution is 6.42. The zero-order chi connectivity index (χ0) is 14.1. The fourth-order valence-electron chi connectivity index (χ4n) is 3.17. The highest BCUT2D eigenvalue weighted by Gasteiger charge is 2.27. The van der Waals surface area contributed by atoms with E-state index in [1.165, 1.54) is 16.7 Å². The Morgan fingerprint density at radius 1 is 0.952 bits per heavy atom. The van der Waals surface area contributed by atoms with Gasteiger partial charge in [-0.15, -0.1) is 0 Å². The van der Waals surface area contributed by atoms with Gasteiger partial charge in [0.1, 0.15) is 0 Å². The standard InChI is InChI=1S/C17H17Cl2N.H2O/c1-20-17-9-7-12(13-4-2-3-5-14(13)17)11-6-8-15(18)16(19)10-11;/h2-6,8,10,12,17,20H,7,9H2,1H3;1H2/t12-,17-;/m0./s1. The van der Waals surface area contributed by atoms with Crippen LogP contribution in [0.25, 0.3) is 0 Å². The molecule has 0 bridgehead atoms. The third kappa shape index (κ3) is 3.09. The Bertz CT molecular complexity index is 630. The number of rotatable bonds is 2. The van der Waals surface area contributed by atoms with Crippen molar-refractivity contribution in [2.45, 2.75) is 24.8 Å². The molecule has 2 aromatic carbocycles. The van der Waals surface area contributed by atoms with Crippen LogP contribution in [0.4, 0.5) is 0 Å². The van der Waals surface area contributed by atoms with Crippen LogP contribution in [0.1, 0.15) is 41.5 Å². The lowest BCUT2D eigenvalue weighted by molar-refractivity contribution is 0.471. The van der Waals surface area contributed by atoms with Crippen molar-refractivity contribution in [1.29, 1.82) is 0 Å². The lowest BCUT2D eigenvalue weighted by atomic mass is 9.77. The van der Waals surface area contributed by atoms with E-state index in [0.717, 1.165) is 12.8 Å². The van der Waals surface area contributed by atoms with Crippen LogP contribution in [0, 0.1) is 0 Å². The van der Waals surface area contributed by atoms with Crippen molar-refractivity contribution >= 4 is 23.2 Å². The van der Waals surface area contributed by atoms with Crippen LogP contribution in [0.3, 0.4) is 0 Å². The minimum Gasteiger partial charge on any atom is -0.412 e. The van der Waals surface area contributed by atoms with E-state index in [2.05, 4.69) is 35.6 Å². The van der Waals surface area contributed by atoms with E-state index in [9.17, 15) is 0 Å². The maximum absolute atomic E-state index is 6.17. The van der Waals surface area contributed by atoms with Gasteiger partial charge in [-0.3, -0.25) is 0 Å². The van der Waals surface area contributed by atoms with Crippen molar-refractivity contribution in [3.05, 3.63) is 69.2 Å². The topological polar surface area (TPSA) is 43.5 Å². The van der Waals surface area contributed by atoms with Gasteiger partial charge in [-0.05, 0) is 48.7 Å². The molecule has 0 saturated heterocycles. The van der Waals surface area contributed by atoms with E-state index >= 15 is 0 Å². The van der Waals surface area contributed by atoms with Crippen LogP contribution in [-0.4, -0.2) is 12.5 Å². The van der Waals surface area contributed by atoms with Gasteiger partial charge in [-0.1, -0.05) is 53.5 Å². The van der Waals surface area contributed by atoms with Gasteiger partial charge in [0.2, 0.25) is 0 Å². The summed E-state index contributed by atoms with van der Waals surface area (Å²) >= 11 is 12.2. The summed E-state index contributed by atoms with van der Waals surface area (Å²) in [5.74, 6) is 0.408. The molecule has 0 heterocycles. The third-order valence-electron chi connectivity index (χ3n) is 4.19. The molecule has 0 amide bonds. The largest absolute Gasteiger partial charge is 0.412 e. The van der Waals surface area contributed by atoms with Crippen LogP contribution in [-0.2, 0) is 0 Å². The number of fused-ring (bicyclic) bond motifs is 1. The SMILES string of the molecule is CN[C@H]1CC[C@@H](c2ccc(Cl)c(Cl)c2)c2ccccc21.O. The predicted octanol–water partition coefficient (Wildman–Crippen LogP) is 4.35. The smallest absolute Gasteiger partial charge is 0.0595 e. The van der Waals surface area contributed by atoms with E-state index in [1.54, 1.807) is 0 Å². The summed E-state index contributed by atoms with van der Waals surface area (Å²) in [6.45, 7) is 0. The van der Waals surface area contributed by atoms with Crippen molar-refractivity contribution in [2.75, 3.05) is 7.05 Å². The second-order valence-corrected chi connectivity index (χ2v) is 6.09. The van der Waals surface area contributed by atoms with Crippen LogP contribution >= 0.6 is 23.2 Å². The zero-order valence-electron chi connectivity index (χ0n) is 11.9. The van der Waals surface area contributed by atoms with Gasteiger partial charge in [0, 0.05) is 12.0 Å². The molecule has 112 valence electrons. The van der Waals surface area contributed by atoms with E-state index in [4.69, 9.17) is 23.2 Å². The first-order valence-corrected chi connectivity index (χ1v) is 7.67. The molecule has 0 fully saturated rings. The Hall–Kier alpha value is -1.06. The molecule has 21 heavy (non-hydrogen) atoms. The van der Waals surface area contributed by atoms with Crippen molar-refractivity contribution in [2.24, 2.45) is 0 Å². The Morgan fingerprint density at radius 2 is 1.67 bits per heavy atom. The van der Waals surface area contributed by atoms with E-state index in [-0.39, 0.29) is 5.48 Å². The maximum atomic E-state index is 6.17. The molecule has 0 aliphatic heterocycles. The molecule has 3 N–H and O–H groups in total. The zero-order valence-corrected chi connectivity index (χ0v) is 13.4. The molecule has 0 aromatic heterocycles. The minimum absolute atomic E-state index is 0. The highest BCUT2D eigenvalue weighted by atomic mass is 35.5. The molecule has 2 aromatic rings. The molecule has 0 radical (unpaired) electrons. The Morgan fingerprint density at radius 3 is 2.33 bits per heavy atom. The maximum Gasteiger partial charge on any atom is 0.0595 e. The molecule has 3 rings (SSSR count). The molecule has 1 aliphatic carbocycles. The second-order valence-electron chi connectivity index (χ2n) is 5.27. The van der Waals surface area contributed by atoms with Gasteiger partial charge >= 0.3 is 0 Å². The van der Waals surface area contributed by atoms with Crippen LogP contribution in [0.15, 0.2) is 42.5 Å². The van der Waals surface area contributed by atoms with E-state index in [0.29, 0.717) is 22.0 Å². The highest BCUT2D eigenvalue weighted by Crippen LogP contribution is 2.42. The lowest BCUT2D eigenvalue weighted by Crippen LogP contribution is -2.24. The van der Waals surface area contributed by atoms with Gasteiger partial charge < -0.3 is 10.8 Å². The Balaban J connectivity index is 0.00000161. The molecular formula is C17H19Cl2NO. The van der Waals surface area contributed by atoms with Crippen molar-refractivity contribution < 1.29 is 5.48 Å². The normalized spacial score (nSPS) is 20.5. The van der Waals surface area contributed by atoms with Crippen LogP contribution in [0.5, 0.6) is 0 Å². The first-order chi connectivity index (χ1) is 9.70. The van der Waals surface area contributed by atoms with Gasteiger partial charge in [0.05, 0.1) is 10.0 Å². The molecule has 0 saturated carbocycles. The summed E-state index contributed by atoms with van der Waals surface area (Å²) in [4.78, 5) is 0. The van der Waals surface area contributed by atoms with Gasteiger partial charge in [-0.2, -0.15) is 0 Å². The fourth-order valence-corrected chi connectivity index (χ4v) is 3.47. The van der Waals surface area contributed by atoms with E-state index < -0.39 is 0 Å². The summed E-state index contributed by atoms with van der Waals surface area (Å²) in [5.41, 5.74) is 4.05. The molecule has 2 atom stereocenters. The molecule has 4 heteroatoms. The summed E-state index contributed by atoms with van der Waals surface area (Å²) < 4.78 is 0. The molecular weight excluding hydrogens is 305 g/mol. The van der Waals surface area contributed by atoms with Gasteiger partial charge in [0.15, 0.2) is 0 Å². The van der Waals surface area contributed by atoms with Crippen LogP contribution < -0.4 is 5.32 Å². The molecule has 0 spiro atoms. The van der Waals surface area contributed by atoms with Crippen molar-refractivity contribution in [3.8, 4) is 0 Å². The summed E-state index contributed by atoms with van der Waals surface area (Å²) in [7, 11) is 2.03. The lowest BCUT2D eigenvalue weighted by Gasteiger charge is -2.32. The summed E-state index contributed by atoms with van der Waals surface area (Å²) in [6, 6.07) is 15.1. The number of benzene rings is 2. The Labute approximate surface area is 135 Å². The van der Waals surface area contributed by atoms with Gasteiger partial charge in [-0.25, -0.2) is 0 Å². The number of nitrogens with one attached hydrogen (secondary N) is 1. The Kier molecular flexibility index (Phi) is 5.28.